The van der Waals surface area contributed by atoms with E-state index in [0.29, 0.717) is 17.3 Å². The second kappa shape index (κ2) is 9.01. The smallest absolute Gasteiger partial charge is 0.344 e. The molecule has 0 bridgehead atoms. The summed E-state index contributed by atoms with van der Waals surface area (Å²) >= 11 is 6.21. The fourth-order valence-corrected chi connectivity index (χ4v) is 4.85. The van der Waals surface area contributed by atoms with Crippen LogP contribution in [0.3, 0.4) is 0 Å². The quantitative estimate of drug-likeness (QED) is 0.649. The monoisotopic (exact) mass is 444 g/mol. The molecule has 0 radical (unpaired) electrons. The summed E-state index contributed by atoms with van der Waals surface area (Å²) in [6, 6.07) is 7.45. The molecule has 4 rings (SSSR count). The van der Waals surface area contributed by atoms with Crippen LogP contribution in [0.2, 0.25) is 5.02 Å². The lowest BCUT2D eigenvalue weighted by molar-refractivity contribution is 0.101. The maximum absolute atomic E-state index is 12.7. The number of rotatable bonds is 5. The molecule has 2 saturated heterocycles. The lowest BCUT2D eigenvalue weighted by Gasteiger charge is -2.39. The van der Waals surface area contributed by atoms with Crippen LogP contribution in [0.1, 0.15) is 49.2 Å². The van der Waals surface area contributed by atoms with Gasteiger partial charge in [-0.25, -0.2) is 4.79 Å². The van der Waals surface area contributed by atoms with E-state index >= 15 is 0 Å². The second-order valence-electron chi connectivity index (χ2n) is 8.63. The largest absolute Gasteiger partial charge is 0.492 e. The van der Waals surface area contributed by atoms with Gasteiger partial charge >= 0.3 is 6.03 Å². The van der Waals surface area contributed by atoms with E-state index in [1.165, 1.54) is 17.2 Å². The molecule has 166 valence electrons. The molecule has 2 aliphatic rings. The molecular weight excluding hydrogens is 416 g/mol. The average Bonchev–Trinajstić information content (AvgIpc) is 3.39. The van der Waals surface area contributed by atoms with Crippen LogP contribution in [0, 0.1) is 5.41 Å². The molecule has 8 heteroatoms. The minimum Gasteiger partial charge on any atom is -0.492 e. The van der Waals surface area contributed by atoms with E-state index in [9.17, 15) is 9.59 Å². The van der Waals surface area contributed by atoms with Gasteiger partial charge in [-0.15, -0.1) is 0 Å². The molecule has 0 N–H and O–H groups in total. The van der Waals surface area contributed by atoms with Crippen LogP contribution in [0.4, 0.5) is 4.79 Å². The lowest BCUT2D eigenvalue weighted by Crippen LogP contribution is -2.45. The van der Waals surface area contributed by atoms with Crippen molar-refractivity contribution in [3.05, 3.63) is 46.7 Å². The summed E-state index contributed by atoms with van der Waals surface area (Å²) in [6.07, 6.45) is 4.70. The molecule has 7 nitrogen and oxygen atoms in total. The van der Waals surface area contributed by atoms with E-state index in [0.717, 1.165) is 57.7 Å². The topological polar surface area (TPSA) is 67.7 Å². The van der Waals surface area contributed by atoms with Gasteiger partial charge in [0, 0.05) is 39.3 Å². The first kappa shape index (κ1) is 21.8. The highest BCUT2D eigenvalue weighted by Crippen LogP contribution is 2.41. The summed E-state index contributed by atoms with van der Waals surface area (Å²) in [5, 5.41) is 4.75. The van der Waals surface area contributed by atoms with Gasteiger partial charge < -0.3 is 9.64 Å². The molecule has 0 unspecified atom stereocenters. The first-order valence-electron chi connectivity index (χ1n) is 10.9. The molecule has 2 aromatic rings. The summed E-state index contributed by atoms with van der Waals surface area (Å²) in [5.74, 6) is 0.609. The van der Waals surface area contributed by atoms with E-state index in [1.54, 1.807) is 12.3 Å². The Balaban J connectivity index is 1.33. The van der Waals surface area contributed by atoms with E-state index in [4.69, 9.17) is 16.3 Å². The van der Waals surface area contributed by atoms with Crippen molar-refractivity contribution in [1.29, 1.82) is 0 Å². The Bertz CT molecular complexity index is 965. The van der Waals surface area contributed by atoms with Crippen LogP contribution in [0.25, 0.3) is 0 Å². The first-order valence-corrected chi connectivity index (χ1v) is 11.3. The first-order chi connectivity index (χ1) is 14.9. The fourth-order valence-electron chi connectivity index (χ4n) is 4.68. The van der Waals surface area contributed by atoms with Crippen molar-refractivity contribution in [2.75, 3.05) is 32.8 Å². The van der Waals surface area contributed by atoms with Gasteiger partial charge in [0.05, 0.1) is 11.6 Å². The average molecular weight is 445 g/mol. The third-order valence-electron chi connectivity index (χ3n) is 6.46. The van der Waals surface area contributed by atoms with Gasteiger partial charge in [-0.1, -0.05) is 17.7 Å². The van der Waals surface area contributed by atoms with Crippen LogP contribution in [-0.4, -0.2) is 64.2 Å². The standard InChI is InChI=1S/C23H29ClN4O3/c1-3-31-21-14-18(4-5-19(21)24)15-26-11-7-23(16-26)8-12-27(13-9-23)22(30)28-10-6-20(25-28)17(2)29/h4-6,10,14H,3,7-9,11-13,15-16H2,1-2H3. The van der Waals surface area contributed by atoms with Gasteiger partial charge in [0.2, 0.25) is 0 Å². The summed E-state index contributed by atoms with van der Waals surface area (Å²) in [6.45, 7) is 8.42. The fraction of sp³-hybridized carbons (Fsp3) is 0.522. The lowest BCUT2D eigenvalue weighted by atomic mass is 9.78. The number of hydrogen-bond acceptors (Lipinski definition) is 5. The Labute approximate surface area is 187 Å². The number of Topliss-reactive ketones (excluding diaryl/α,β-unsaturated/α-hetero) is 1. The van der Waals surface area contributed by atoms with Gasteiger partial charge in [0.1, 0.15) is 11.4 Å². The number of aromatic nitrogens is 2. The molecule has 3 heterocycles. The SMILES string of the molecule is CCOc1cc(CN2CCC3(CCN(C(=O)n4ccc(C(C)=O)n4)CC3)C2)ccc1Cl. The molecule has 1 spiro atoms. The Hall–Kier alpha value is -2.38. The summed E-state index contributed by atoms with van der Waals surface area (Å²) in [5.41, 5.74) is 1.79. The molecule has 1 amide bonds. The van der Waals surface area contributed by atoms with Crippen LogP contribution >= 0.6 is 11.6 Å². The number of ether oxygens (including phenoxy) is 1. The van der Waals surface area contributed by atoms with E-state index in [1.807, 2.05) is 24.0 Å². The zero-order valence-corrected chi connectivity index (χ0v) is 18.9. The molecule has 0 atom stereocenters. The third kappa shape index (κ3) is 4.77. The molecule has 0 aliphatic carbocycles. The predicted molar refractivity (Wildman–Crippen MR) is 119 cm³/mol. The summed E-state index contributed by atoms with van der Waals surface area (Å²) in [7, 11) is 0. The molecule has 2 fully saturated rings. The third-order valence-corrected chi connectivity index (χ3v) is 6.77. The van der Waals surface area contributed by atoms with Crippen molar-refractivity contribution in [3.63, 3.8) is 0 Å². The summed E-state index contributed by atoms with van der Waals surface area (Å²) < 4.78 is 6.91. The Morgan fingerprint density at radius 1 is 1.16 bits per heavy atom. The zero-order valence-electron chi connectivity index (χ0n) is 18.1. The normalized spacial score (nSPS) is 18.5. The Morgan fingerprint density at radius 3 is 2.58 bits per heavy atom. The zero-order chi connectivity index (χ0) is 22.0. The Morgan fingerprint density at radius 2 is 1.90 bits per heavy atom. The predicted octanol–water partition coefficient (Wildman–Crippen LogP) is 4.09. The number of likely N-dealkylation sites (tertiary alicyclic amines) is 2. The van der Waals surface area contributed by atoms with Gasteiger partial charge in [0.25, 0.3) is 0 Å². The maximum Gasteiger partial charge on any atom is 0.344 e. The van der Waals surface area contributed by atoms with E-state index in [-0.39, 0.29) is 17.2 Å². The van der Waals surface area contributed by atoms with Crippen LogP contribution in [0.15, 0.2) is 30.5 Å². The number of benzene rings is 1. The van der Waals surface area contributed by atoms with Gasteiger partial charge in [0.15, 0.2) is 5.78 Å². The van der Waals surface area contributed by atoms with Crippen molar-refractivity contribution >= 4 is 23.4 Å². The van der Waals surface area contributed by atoms with E-state index in [2.05, 4.69) is 16.1 Å². The molecule has 0 saturated carbocycles. The number of piperidine rings is 1. The number of carbonyl (C=O) groups excluding carboxylic acids is 2. The molecular formula is C23H29ClN4O3. The van der Waals surface area contributed by atoms with Gasteiger partial charge in [-0.3, -0.25) is 9.69 Å². The van der Waals surface area contributed by atoms with Gasteiger partial charge in [-0.05, 0) is 61.9 Å². The minimum atomic E-state index is -0.151. The number of nitrogens with zero attached hydrogens (tertiary/aromatic N) is 4. The van der Waals surface area contributed by atoms with Crippen LogP contribution in [0.5, 0.6) is 5.75 Å². The number of hydrogen-bond donors (Lipinski definition) is 0. The van der Waals surface area contributed by atoms with Crippen LogP contribution < -0.4 is 4.74 Å². The summed E-state index contributed by atoms with van der Waals surface area (Å²) in [4.78, 5) is 28.5. The second-order valence-corrected chi connectivity index (χ2v) is 9.04. The Kier molecular flexibility index (Phi) is 6.34. The molecule has 1 aromatic heterocycles. The molecule has 31 heavy (non-hydrogen) atoms. The van der Waals surface area contributed by atoms with Gasteiger partial charge in [-0.2, -0.15) is 9.78 Å². The highest BCUT2D eigenvalue weighted by molar-refractivity contribution is 6.32. The number of amides is 1. The van der Waals surface area contributed by atoms with Crippen molar-refractivity contribution in [2.45, 2.75) is 39.7 Å². The van der Waals surface area contributed by atoms with Crippen molar-refractivity contribution in [3.8, 4) is 5.75 Å². The minimum absolute atomic E-state index is 0.135. The highest BCUT2D eigenvalue weighted by Gasteiger charge is 2.41. The maximum atomic E-state index is 12.7. The molecule has 2 aliphatic heterocycles. The number of carbonyl (C=O) groups is 2. The van der Waals surface area contributed by atoms with Crippen LogP contribution in [-0.2, 0) is 6.54 Å². The number of ketones is 1. The highest BCUT2D eigenvalue weighted by atomic mass is 35.5. The van der Waals surface area contributed by atoms with Crippen molar-refractivity contribution in [1.82, 2.24) is 19.6 Å². The van der Waals surface area contributed by atoms with E-state index < -0.39 is 0 Å². The van der Waals surface area contributed by atoms with Crippen molar-refractivity contribution < 1.29 is 14.3 Å². The number of halogens is 1. The molecule has 1 aromatic carbocycles. The van der Waals surface area contributed by atoms with Crippen molar-refractivity contribution in [2.24, 2.45) is 5.41 Å².